The molecule has 1 nitrogen and oxygen atoms in total. The van der Waals surface area contributed by atoms with Gasteiger partial charge in [-0.25, -0.2) is 0 Å². The molecule has 1 fully saturated rings. The van der Waals surface area contributed by atoms with Crippen molar-refractivity contribution in [3.63, 3.8) is 0 Å². The summed E-state index contributed by atoms with van der Waals surface area (Å²) in [6, 6.07) is 0.520. The molecule has 2 heteroatoms. The largest absolute Gasteiger partial charge is 0.328 e. The van der Waals surface area contributed by atoms with E-state index < -0.39 is 0 Å². The van der Waals surface area contributed by atoms with E-state index in [-0.39, 0.29) is 21.1 Å². The smallest absolute Gasteiger partial charge is 0.00390 e. The molecular formula is C7H15NPt. The average molecular weight is 308 g/mol. The fourth-order valence-electron chi connectivity index (χ4n) is 1.29. The molecule has 0 unspecified atom stereocenters. The molecule has 0 spiro atoms. The molecule has 0 aromatic heterocycles. The van der Waals surface area contributed by atoms with Gasteiger partial charge in [0.25, 0.3) is 0 Å². The second kappa shape index (κ2) is 4.46. The van der Waals surface area contributed by atoms with Crippen molar-refractivity contribution in [2.24, 2.45) is 11.7 Å². The molecule has 1 aliphatic rings. The van der Waals surface area contributed by atoms with Gasteiger partial charge in [-0.05, 0) is 31.6 Å². The van der Waals surface area contributed by atoms with Gasteiger partial charge >= 0.3 is 0 Å². The van der Waals surface area contributed by atoms with Gasteiger partial charge in [0.05, 0.1) is 0 Å². The van der Waals surface area contributed by atoms with Crippen LogP contribution >= 0.6 is 0 Å². The van der Waals surface area contributed by atoms with Gasteiger partial charge in [-0.3, -0.25) is 0 Å². The summed E-state index contributed by atoms with van der Waals surface area (Å²) in [5, 5.41) is 0. The van der Waals surface area contributed by atoms with E-state index in [0.29, 0.717) is 6.04 Å². The molecule has 9 heavy (non-hydrogen) atoms. The van der Waals surface area contributed by atoms with Gasteiger partial charge in [0.15, 0.2) is 0 Å². The van der Waals surface area contributed by atoms with Crippen molar-refractivity contribution < 1.29 is 21.1 Å². The van der Waals surface area contributed by atoms with Crippen LogP contribution in [-0.2, 0) is 21.1 Å². The second-order valence-corrected chi connectivity index (χ2v) is 3.02. The SMILES string of the molecule is CC1CCC(N)CC1.[Pt]. The van der Waals surface area contributed by atoms with Crippen LogP contribution in [0.25, 0.3) is 0 Å². The van der Waals surface area contributed by atoms with E-state index in [1.54, 1.807) is 0 Å². The maximum Gasteiger partial charge on any atom is 0.00390 e. The molecule has 1 saturated carbocycles. The Balaban J connectivity index is 0.000000640. The molecule has 2 N–H and O–H groups in total. The van der Waals surface area contributed by atoms with Crippen molar-refractivity contribution in [2.75, 3.05) is 0 Å². The van der Waals surface area contributed by atoms with E-state index in [0.717, 1.165) is 5.92 Å². The molecule has 1 rings (SSSR count). The summed E-state index contributed by atoms with van der Waals surface area (Å²) in [5.74, 6) is 0.940. The Bertz CT molecular complexity index is 57.3. The number of hydrogen-bond acceptors (Lipinski definition) is 1. The minimum absolute atomic E-state index is 0. The van der Waals surface area contributed by atoms with Crippen LogP contribution < -0.4 is 5.73 Å². The predicted molar refractivity (Wildman–Crippen MR) is 35.6 cm³/mol. The summed E-state index contributed by atoms with van der Waals surface area (Å²) in [5.41, 5.74) is 5.70. The van der Waals surface area contributed by atoms with Gasteiger partial charge in [-0.15, -0.1) is 0 Å². The van der Waals surface area contributed by atoms with Crippen LogP contribution in [0, 0.1) is 5.92 Å². The number of rotatable bonds is 0. The van der Waals surface area contributed by atoms with Crippen LogP contribution in [0.4, 0.5) is 0 Å². The third-order valence-electron chi connectivity index (χ3n) is 2.06. The summed E-state index contributed by atoms with van der Waals surface area (Å²) in [6.07, 6.45) is 5.20. The molecule has 0 radical (unpaired) electrons. The third-order valence-corrected chi connectivity index (χ3v) is 2.06. The number of nitrogens with two attached hydrogens (primary N) is 1. The van der Waals surface area contributed by atoms with E-state index >= 15 is 0 Å². The molecule has 0 bridgehead atoms. The van der Waals surface area contributed by atoms with E-state index in [2.05, 4.69) is 6.92 Å². The molecular weight excluding hydrogens is 293 g/mol. The molecule has 0 aliphatic heterocycles. The van der Waals surface area contributed by atoms with E-state index in [1.807, 2.05) is 0 Å². The van der Waals surface area contributed by atoms with Crippen LogP contribution in [0.2, 0.25) is 0 Å². The van der Waals surface area contributed by atoms with Gasteiger partial charge in [0.1, 0.15) is 0 Å². The Kier molecular flexibility index (Phi) is 4.78. The summed E-state index contributed by atoms with van der Waals surface area (Å²) in [7, 11) is 0. The zero-order chi connectivity index (χ0) is 5.98. The Labute approximate surface area is 71.7 Å². The average Bonchev–Trinajstić information content (AvgIpc) is 1.77. The first-order chi connectivity index (χ1) is 3.79. The molecule has 1 aliphatic carbocycles. The maximum absolute atomic E-state index is 5.70. The Morgan fingerprint density at radius 3 is 1.89 bits per heavy atom. The van der Waals surface area contributed by atoms with Gasteiger partial charge < -0.3 is 5.73 Å². The van der Waals surface area contributed by atoms with E-state index in [9.17, 15) is 0 Å². The first-order valence-electron chi connectivity index (χ1n) is 3.54. The summed E-state index contributed by atoms with van der Waals surface area (Å²) < 4.78 is 0. The van der Waals surface area contributed by atoms with Crippen molar-refractivity contribution in [2.45, 2.75) is 38.6 Å². The second-order valence-electron chi connectivity index (χ2n) is 3.02. The molecule has 0 saturated heterocycles. The summed E-state index contributed by atoms with van der Waals surface area (Å²) in [6.45, 7) is 2.31. The number of hydrogen-bond donors (Lipinski definition) is 1. The first-order valence-corrected chi connectivity index (χ1v) is 3.54. The molecule has 0 aromatic carbocycles. The van der Waals surface area contributed by atoms with Crippen molar-refractivity contribution in [1.29, 1.82) is 0 Å². The fraction of sp³-hybridized carbons (Fsp3) is 1.00. The molecule has 58 valence electrons. The zero-order valence-electron chi connectivity index (χ0n) is 5.88. The monoisotopic (exact) mass is 308 g/mol. The molecule has 0 amide bonds. The normalized spacial score (nSPS) is 35.3. The quantitative estimate of drug-likeness (QED) is 0.721. The first kappa shape index (κ1) is 9.65. The van der Waals surface area contributed by atoms with Gasteiger partial charge in [-0.1, -0.05) is 6.92 Å². The van der Waals surface area contributed by atoms with Gasteiger partial charge in [0.2, 0.25) is 0 Å². The van der Waals surface area contributed by atoms with Crippen LogP contribution in [0.15, 0.2) is 0 Å². The predicted octanol–water partition coefficient (Wildman–Crippen LogP) is 1.52. The Morgan fingerprint density at radius 2 is 1.56 bits per heavy atom. The van der Waals surface area contributed by atoms with Crippen LogP contribution in [0.5, 0.6) is 0 Å². The van der Waals surface area contributed by atoms with Crippen LogP contribution in [0.1, 0.15) is 32.6 Å². The maximum atomic E-state index is 5.70. The molecule has 0 atom stereocenters. The van der Waals surface area contributed by atoms with E-state index in [1.165, 1.54) is 25.7 Å². The fourth-order valence-corrected chi connectivity index (χ4v) is 1.29. The van der Waals surface area contributed by atoms with Crippen LogP contribution in [-0.4, -0.2) is 6.04 Å². The zero-order valence-corrected chi connectivity index (χ0v) is 8.15. The Hall–Kier alpha value is 0.648. The minimum Gasteiger partial charge on any atom is -0.328 e. The van der Waals surface area contributed by atoms with Crippen molar-refractivity contribution in [3.8, 4) is 0 Å². The van der Waals surface area contributed by atoms with Gasteiger partial charge in [0, 0.05) is 27.1 Å². The topological polar surface area (TPSA) is 26.0 Å². The van der Waals surface area contributed by atoms with Crippen LogP contribution in [0.3, 0.4) is 0 Å². The summed E-state index contributed by atoms with van der Waals surface area (Å²) >= 11 is 0. The van der Waals surface area contributed by atoms with Crippen molar-refractivity contribution in [1.82, 2.24) is 0 Å². The van der Waals surface area contributed by atoms with E-state index in [4.69, 9.17) is 5.73 Å². The van der Waals surface area contributed by atoms with Gasteiger partial charge in [-0.2, -0.15) is 0 Å². The van der Waals surface area contributed by atoms with Crippen molar-refractivity contribution in [3.05, 3.63) is 0 Å². The third kappa shape index (κ3) is 3.37. The molecule has 0 heterocycles. The summed E-state index contributed by atoms with van der Waals surface area (Å²) in [4.78, 5) is 0. The standard InChI is InChI=1S/C7H15N.Pt/c1-6-2-4-7(8)5-3-6;/h6-7H,2-5,8H2,1H3;. The minimum atomic E-state index is 0. The Morgan fingerprint density at radius 1 is 1.11 bits per heavy atom. The van der Waals surface area contributed by atoms with Crippen molar-refractivity contribution >= 4 is 0 Å². The molecule has 0 aromatic rings.